The van der Waals surface area contributed by atoms with Crippen molar-refractivity contribution in [2.45, 2.75) is 38.9 Å². The van der Waals surface area contributed by atoms with Gasteiger partial charge in [-0.25, -0.2) is 4.79 Å². The predicted octanol–water partition coefficient (Wildman–Crippen LogP) is 1.64. The Morgan fingerprint density at radius 3 is 2.67 bits per heavy atom. The number of ether oxygens (including phenoxy) is 1. The lowest BCUT2D eigenvalue weighted by atomic mass is 10.2. The molecule has 2 N–H and O–H groups in total. The molecule has 4 nitrogen and oxygen atoms in total. The maximum atomic E-state index is 11.2. The number of hydrogen-bond donors (Lipinski definition) is 2. The minimum absolute atomic E-state index is 0.227. The molecule has 88 valence electrons. The van der Waals surface area contributed by atoms with E-state index in [4.69, 9.17) is 4.74 Å². The molecule has 1 amide bonds. The van der Waals surface area contributed by atoms with E-state index in [-0.39, 0.29) is 6.54 Å². The molecule has 0 unspecified atom stereocenters. The Hall–Kier alpha value is -0.600. The molecule has 0 aromatic rings. The minimum atomic E-state index is -0.522. The summed E-state index contributed by atoms with van der Waals surface area (Å²) in [5.74, 6) is 0. The smallest absolute Gasteiger partial charge is 0.407 e. The molecule has 0 radical (unpaired) electrons. The van der Waals surface area contributed by atoms with Crippen LogP contribution in [0, 0.1) is 0 Å². The van der Waals surface area contributed by atoms with Gasteiger partial charge in [0.25, 0.3) is 0 Å². The molecule has 0 saturated heterocycles. The Morgan fingerprint density at radius 2 is 2.20 bits per heavy atom. The first-order valence-electron chi connectivity index (χ1n) is 4.92. The zero-order valence-corrected chi connectivity index (χ0v) is 10.5. The number of hydrogen-bond acceptors (Lipinski definition) is 3. The van der Waals surface area contributed by atoms with Gasteiger partial charge in [0, 0.05) is 6.54 Å². The summed E-state index contributed by atoms with van der Waals surface area (Å²) in [4.78, 5) is 11.2. The van der Waals surface area contributed by atoms with Gasteiger partial charge in [-0.3, -0.25) is 0 Å². The molecule has 0 aliphatic rings. The van der Waals surface area contributed by atoms with Crippen LogP contribution in [0.1, 0.15) is 27.2 Å². The number of aliphatic hydroxyl groups is 1. The van der Waals surface area contributed by atoms with Crippen LogP contribution >= 0.6 is 8.20 Å². The van der Waals surface area contributed by atoms with Crippen molar-refractivity contribution in [3.8, 4) is 0 Å². The van der Waals surface area contributed by atoms with E-state index in [2.05, 4.69) is 11.6 Å². The van der Waals surface area contributed by atoms with Crippen LogP contribution in [0.25, 0.3) is 0 Å². The monoisotopic (exact) mass is 233 g/mol. The number of carbonyl (C=O) groups is 1. The first-order valence-corrected chi connectivity index (χ1v) is 6.19. The summed E-state index contributed by atoms with van der Waals surface area (Å²) in [6, 6.07) is 0. The lowest BCUT2D eigenvalue weighted by molar-refractivity contribution is 0.0491. The first-order chi connectivity index (χ1) is 6.85. The number of aliphatic hydroxyl groups excluding tert-OH is 1. The van der Waals surface area contributed by atoms with Gasteiger partial charge >= 0.3 is 6.09 Å². The van der Waals surface area contributed by atoms with Crippen molar-refractivity contribution in [1.29, 1.82) is 0 Å². The molecule has 0 aromatic heterocycles. The Morgan fingerprint density at radius 1 is 1.60 bits per heavy atom. The van der Waals surface area contributed by atoms with E-state index < -0.39 is 17.8 Å². The molecule has 0 aromatic carbocycles. The SMILES string of the molecule is C=PCC[C@H](O)CNC(=O)OC(C)(C)C. The molecule has 0 fully saturated rings. The van der Waals surface area contributed by atoms with Crippen LogP contribution in [0.2, 0.25) is 0 Å². The molecule has 0 aliphatic heterocycles. The normalized spacial score (nSPS) is 13.6. The molecular weight excluding hydrogens is 213 g/mol. The quantitative estimate of drug-likeness (QED) is 0.710. The largest absolute Gasteiger partial charge is 0.444 e. The molecule has 5 heteroatoms. The minimum Gasteiger partial charge on any atom is -0.444 e. The summed E-state index contributed by atoms with van der Waals surface area (Å²) >= 11 is 0. The fourth-order valence-electron chi connectivity index (χ4n) is 0.858. The van der Waals surface area contributed by atoms with Crippen molar-refractivity contribution in [2.24, 2.45) is 0 Å². The van der Waals surface area contributed by atoms with Crippen molar-refractivity contribution in [1.82, 2.24) is 5.32 Å². The van der Waals surface area contributed by atoms with Crippen LogP contribution in [-0.2, 0) is 4.74 Å². The summed E-state index contributed by atoms with van der Waals surface area (Å²) in [5, 5.41) is 11.9. The highest BCUT2D eigenvalue weighted by Gasteiger charge is 2.16. The van der Waals surface area contributed by atoms with Crippen LogP contribution < -0.4 is 5.32 Å². The lowest BCUT2D eigenvalue weighted by Crippen LogP contribution is -2.37. The highest BCUT2D eigenvalue weighted by atomic mass is 31.1. The fourth-order valence-corrected chi connectivity index (χ4v) is 1.34. The zero-order chi connectivity index (χ0) is 11.9. The lowest BCUT2D eigenvalue weighted by Gasteiger charge is -2.20. The van der Waals surface area contributed by atoms with Crippen LogP contribution in [0.5, 0.6) is 0 Å². The van der Waals surface area contributed by atoms with Crippen LogP contribution in [0.3, 0.4) is 0 Å². The Kier molecular flexibility index (Phi) is 6.53. The van der Waals surface area contributed by atoms with Gasteiger partial charge in [-0.05, 0) is 33.4 Å². The van der Waals surface area contributed by atoms with E-state index in [1.165, 1.54) is 0 Å². The second-order valence-corrected chi connectivity index (χ2v) is 5.17. The summed E-state index contributed by atoms with van der Waals surface area (Å²) in [6.45, 7) is 5.62. The van der Waals surface area contributed by atoms with Gasteiger partial charge in [-0.2, -0.15) is 0 Å². The van der Waals surface area contributed by atoms with Gasteiger partial charge < -0.3 is 15.2 Å². The summed E-state index contributed by atoms with van der Waals surface area (Å²) in [7, 11) is 1.00. The third-order valence-corrected chi connectivity index (χ3v) is 2.08. The van der Waals surface area contributed by atoms with E-state index in [0.717, 1.165) is 14.4 Å². The third kappa shape index (κ3) is 9.70. The third-order valence-electron chi connectivity index (χ3n) is 1.50. The number of rotatable bonds is 5. The fraction of sp³-hybridized carbons (Fsp3) is 0.800. The molecule has 0 spiro atoms. The highest BCUT2D eigenvalue weighted by molar-refractivity contribution is 7.36. The molecule has 1 atom stereocenters. The summed E-state index contributed by atoms with van der Waals surface area (Å²) in [5.41, 5.74) is -0.499. The van der Waals surface area contributed by atoms with Crippen molar-refractivity contribution in [2.75, 3.05) is 12.7 Å². The summed E-state index contributed by atoms with van der Waals surface area (Å²) < 4.78 is 5.02. The molecular formula is C10H20NO3P. The van der Waals surface area contributed by atoms with E-state index in [0.29, 0.717) is 6.42 Å². The van der Waals surface area contributed by atoms with E-state index in [1.807, 2.05) is 0 Å². The number of amides is 1. The topological polar surface area (TPSA) is 58.6 Å². The second-order valence-electron chi connectivity index (χ2n) is 4.27. The first kappa shape index (κ1) is 14.4. The van der Waals surface area contributed by atoms with Gasteiger partial charge in [0.1, 0.15) is 5.60 Å². The van der Waals surface area contributed by atoms with Gasteiger partial charge in [-0.15, -0.1) is 8.20 Å². The highest BCUT2D eigenvalue weighted by Crippen LogP contribution is 2.06. The molecule has 15 heavy (non-hydrogen) atoms. The Bertz CT molecular complexity index is 213. The standard InChI is InChI=1S/C10H20NO3P/c1-10(2,3)14-9(13)11-7-8(12)5-6-15-4/h8,12H,4-7H2,1-3H3,(H,11,13)/t8-/m0/s1. The van der Waals surface area contributed by atoms with E-state index in [9.17, 15) is 9.90 Å². The van der Waals surface area contributed by atoms with E-state index in [1.54, 1.807) is 20.8 Å². The second kappa shape index (κ2) is 6.81. The van der Waals surface area contributed by atoms with Gasteiger partial charge in [-0.1, -0.05) is 6.30 Å². The zero-order valence-electron chi connectivity index (χ0n) is 9.62. The predicted molar refractivity (Wildman–Crippen MR) is 63.8 cm³/mol. The van der Waals surface area contributed by atoms with Gasteiger partial charge in [0.2, 0.25) is 0 Å². The van der Waals surface area contributed by atoms with Crippen molar-refractivity contribution in [3.05, 3.63) is 0 Å². The average Bonchev–Trinajstić information content (AvgIpc) is 2.08. The number of carbonyl (C=O) groups excluding carboxylic acids is 1. The van der Waals surface area contributed by atoms with Gasteiger partial charge in [0.05, 0.1) is 6.10 Å². The Balaban J connectivity index is 3.66. The molecule has 0 rings (SSSR count). The van der Waals surface area contributed by atoms with Gasteiger partial charge in [0.15, 0.2) is 0 Å². The van der Waals surface area contributed by atoms with Crippen LogP contribution in [-0.4, -0.2) is 41.9 Å². The Labute approximate surface area is 92.8 Å². The molecule has 0 saturated carbocycles. The average molecular weight is 233 g/mol. The number of alkyl carbamates (subject to hydrolysis) is 1. The van der Waals surface area contributed by atoms with Crippen molar-refractivity contribution < 1.29 is 14.6 Å². The van der Waals surface area contributed by atoms with Crippen molar-refractivity contribution >= 4 is 20.6 Å². The maximum Gasteiger partial charge on any atom is 0.407 e. The van der Waals surface area contributed by atoms with E-state index >= 15 is 0 Å². The van der Waals surface area contributed by atoms with Crippen molar-refractivity contribution in [3.63, 3.8) is 0 Å². The summed E-state index contributed by atoms with van der Waals surface area (Å²) in [6.07, 6.45) is 4.11. The van der Waals surface area contributed by atoms with Crippen LogP contribution in [0.4, 0.5) is 4.79 Å². The molecule has 0 aliphatic carbocycles. The van der Waals surface area contributed by atoms with Crippen LogP contribution in [0.15, 0.2) is 0 Å². The number of nitrogens with one attached hydrogen (secondary N) is 1. The maximum absolute atomic E-state index is 11.2. The molecule has 0 bridgehead atoms. The molecule has 0 heterocycles.